The van der Waals surface area contributed by atoms with Gasteiger partial charge in [0, 0.05) is 18.3 Å². The van der Waals surface area contributed by atoms with Crippen LogP contribution in [-0.2, 0) is 12.7 Å². The van der Waals surface area contributed by atoms with Gasteiger partial charge in [-0.15, -0.1) is 0 Å². The Bertz CT molecular complexity index is 1530. The van der Waals surface area contributed by atoms with E-state index in [0.717, 1.165) is 31.4 Å². The number of carboxylic acids is 1. The Morgan fingerprint density at radius 1 is 1.13 bits per heavy atom. The Hall–Kier alpha value is -4.22. The van der Waals surface area contributed by atoms with Gasteiger partial charge in [-0.25, -0.2) is 24.7 Å². The van der Waals surface area contributed by atoms with E-state index in [-0.39, 0.29) is 24.1 Å². The van der Waals surface area contributed by atoms with Gasteiger partial charge in [-0.3, -0.25) is 0 Å². The standard InChI is InChI=1S/C27H27F3N6O3/c1-14-7-12-19(39-3)20(31-14)25-35-23-21(36(25)13-16-8-10-18(11-9-16)27(28,29)30)22(33-24(34-23)26(37)38)32-15(2)17-5-4-6-17/h7-12,15,17H,4-6,13H2,1-3H3,(H,37,38)(H,32,33,34)/t15-/m1/s1. The van der Waals surface area contributed by atoms with E-state index in [4.69, 9.17) is 4.74 Å². The third kappa shape index (κ3) is 5.23. The second-order valence-corrected chi connectivity index (χ2v) is 9.72. The number of aryl methyl sites for hydroxylation is 1. The minimum Gasteiger partial charge on any atom is -0.494 e. The number of aromatic carboxylic acids is 1. The number of hydrogen-bond donors (Lipinski definition) is 2. The van der Waals surface area contributed by atoms with Crippen LogP contribution in [0.5, 0.6) is 5.75 Å². The quantitative estimate of drug-likeness (QED) is 0.298. The summed E-state index contributed by atoms with van der Waals surface area (Å²) in [5.74, 6) is -0.279. The number of carbonyl (C=O) groups is 1. The Morgan fingerprint density at radius 2 is 1.85 bits per heavy atom. The second kappa shape index (κ2) is 10.2. The highest BCUT2D eigenvalue weighted by Crippen LogP contribution is 2.36. The lowest BCUT2D eigenvalue weighted by atomic mass is 9.80. The van der Waals surface area contributed by atoms with Crippen molar-refractivity contribution in [3.05, 3.63) is 59.0 Å². The highest BCUT2D eigenvalue weighted by atomic mass is 19.4. The molecule has 0 amide bonds. The van der Waals surface area contributed by atoms with Crippen LogP contribution in [0.25, 0.3) is 22.7 Å². The van der Waals surface area contributed by atoms with Crippen LogP contribution in [-0.4, -0.2) is 48.7 Å². The number of pyridine rings is 1. The lowest BCUT2D eigenvalue weighted by Gasteiger charge is -2.32. The first-order valence-corrected chi connectivity index (χ1v) is 12.5. The zero-order valence-electron chi connectivity index (χ0n) is 21.6. The molecule has 39 heavy (non-hydrogen) atoms. The molecule has 4 aromatic rings. The van der Waals surface area contributed by atoms with Gasteiger partial charge in [-0.2, -0.15) is 13.2 Å². The number of halogens is 3. The molecule has 2 N–H and O–H groups in total. The smallest absolute Gasteiger partial charge is 0.416 e. The van der Waals surface area contributed by atoms with E-state index < -0.39 is 23.5 Å². The van der Waals surface area contributed by atoms with Crippen molar-refractivity contribution in [1.29, 1.82) is 0 Å². The summed E-state index contributed by atoms with van der Waals surface area (Å²) in [5, 5.41) is 13.1. The maximum absolute atomic E-state index is 13.2. The molecule has 1 saturated carbocycles. The molecule has 12 heteroatoms. The molecule has 1 fully saturated rings. The van der Waals surface area contributed by atoms with Gasteiger partial charge in [0.15, 0.2) is 17.3 Å². The van der Waals surface area contributed by atoms with Gasteiger partial charge < -0.3 is 19.7 Å². The molecule has 3 aromatic heterocycles. The first-order valence-electron chi connectivity index (χ1n) is 12.5. The highest BCUT2D eigenvalue weighted by Gasteiger charge is 2.31. The number of ether oxygens (including phenoxy) is 1. The van der Waals surface area contributed by atoms with Crippen molar-refractivity contribution in [2.75, 3.05) is 12.4 Å². The van der Waals surface area contributed by atoms with Crippen molar-refractivity contribution < 1.29 is 27.8 Å². The number of methoxy groups -OCH3 is 1. The second-order valence-electron chi connectivity index (χ2n) is 9.72. The van der Waals surface area contributed by atoms with E-state index in [1.165, 1.54) is 19.2 Å². The van der Waals surface area contributed by atoms with E-state index in [2.05, 4.69) is 25.3 Å². The van der Waals surface area contributed by atoms with Gasteiger partial charge in [0.1, 0.15) is 17.0 Å². The normalized spacial score (nSPS) is 14.7. The van der Waals surface area contributed by atoms with Crippen molar-refractivity contribution in [3.8, 4) is 17.3 Å². The largest absolute Gasteiger partial charge is 0.494 e. The third-order valence-electron chi connectivity index (χ3n) is 7.07. The zero-order chi connectivity index (χ0) is 27.9. The summed E-state index contributed by atoms with van der Waals surface area (Å²) >= 11 is 0. The van der Waals surface area contributed by atoms with Crippen molar-refractivity contribution in [2.24, 2.45) is 5.92 Å². The SMILES string of the molecule is COc1ccc(C)nc1-c1nc2nc(C(=O)O)nc(N[C@H](C)C3CCC3)c2n1Cc1ccc(C(F)(F)F)cc1. The Morgan fingerprint density at radius 3 is 2.44 bits per heavy atom. The number of imidazole rings is 1. The molecule has 3 heterocycles. The number of aromatic nitrogens is 5. The molecule has 0 radical (unpaired) electrons. The number of alkyl halides is 3. The molecule has 9 nitrogen and oxygen atoms in total. The lowest BCUT2D eigenvalue weighted by Crippen LogP contribution is -2.31. The van der Waals surface area contributed by atoms with E-state index >= 15 is 0 Å². The maximum atomic E-state index is 13.2. The summed E-state index contributed by atoms with van der Waals surface area (Å²) in [6, 6.07) is 8.37. The molecule has 0 unspecified atom stereocenters. The van der Waals surface area contributed by atoms with Crippen molar-refractivity contribution in [1.82, 2.24) is 24.5 Å². The fraction of sp³-hybridized carbons (Fsp3) is 0.370. The number of nitrogens with one attached hydrogen (secondary N) is 1. The summed E-state index contributed by atoms with van der Waals surface area (Å²) in [7, 11) is 1.49. The van der Waals surface area contributed by atoms with Crippen molar-refractivity contribution in [2.45, 2.75) is 51.9 Å². The average Bonchev–Trinajstić information content (AvgIpc) is 3.21. The van der Waals surface area contributed by atoms with E-state index in [1.807, 2.05) is 6.92 Å². The van der Waals surface area contributed by atoms with Gasteiger partial charge in [0.2, 0.25) is 5.82 Å². The fourth-order valence-corrected chi connectivity index (χ4v) is 4.69. The molecule has 5 rings (SSSR count). The summed E-state index contributed by atoms with van der Waals surface area (Å²) in [6.45, 7) is 3.92. The van der Waals surface area contributed by atoms with Gasteiger partial charge in [0.25, 0.3) is 0 Å². The molecule has 0 aliphatic heterocycles. The van der Waals surface area contributed by atoms with Crippen LogP contribution < -0.4 is 10.1 Å². The number of anilines is 1. The van der Waals surface area contributed by atoms with Crippen molar-refractivity contribution in [3.63, 3.8) is 0 Å². The predicted octanol–water partition coefficient (Wildman–Crippen LogP) is 5.57. The molecular formula is C27H27F3N6O3. The summed E-state index contributed by atoms with van der Waals surface area (Å²) in [5.41, 5.74) is 1.43. The Balaban J connectivity index is 1.72. The minimum atomic E-state index is -4.46. The molecular weight excluding hydrogens is 513 g/mol. The van der Waals surface area contributed by atoms with E-state index in [9.17, 15) is 23.1 Å². The first kappa shape index (κ1) is 26.4. The van der Waals surface area contributed by atoms with Crippen LogP contribution in [0, 0.1) is 12.8 Å². The van der Waals surface area contributed by atoms with E-state index in [0.29, 0.717) is 40.0 Å². The van der Waals surface area contributed by atoms with Gasteiger partial charge in [-0.05, 0) is 62.4 Å². The number of hydrogen-bond acceptors (Lipinski definition) is 7. The lowest BCUT2D eigenvalue weighted by molar-refractivity contribution is -0.137. The van der Waals surface area contributed by atoms with Gasteiger partial charge in [-0.1, -0.05) is 18.6 Å². The van der Waals surface area contributed by atoms with Crippen LogP contribution in [0.15, 0.2) is 36.4 Å². The Labute approximate surface area is 222 Å². The number of carboxylic acid groups (broad SMARTS) is 1. The highest BCUT2D eigenvalue weighted by molar-refractivity contribution is 5.92. The van der Waals surface area contributed by atoms with Gasteiger partial charge in [0.05, 0.1) is 12.7 Å². The summed E-state index contributed by atoms with van der Waals surface area (Å²) in [4.78, 5) is 29.7. The molecule has 1 atom stereocenters. The Kier molecular flexibility index (Phi) is 6.87. The number of nitrogens with zero attached hydrogens (tertiary/aromatic N) is 5. The van der Waals surface area contributed by atoms with Crippen LogP contribution in [0.4, 0.5) is 19.0 Å². The zero-order valence-corrected chi connectivity index (χ0v) is 21.6. The molecule has 1 aromatic carbocycles. The fourth-order valence-electron chi connectivity index (χ4n) is 4.69. The average molecular weight is 541 g/mol. The van der Waals surface area contributed by atoms with E-state index in [1.54, 1.807) is 23.6 Å². The van der Waals surface area contributed by atoms with Crippen LogP contribution >= 0.6 is 0 Å². The van der Waals surface area contributed by atoms with Crippen molar-refractivity contribution >= 4 is 23.0 Å². The minimum absolute atomic E-state index is 0.00277. The van der Waals surface area contributed by atoms with Crippen LogP contribution in [0.2, 0.25) is 0 Å². The molecule has 0 spiro atoms. The molecule has 1 aliphatic rings. The molecule has 1 aliphatic carbocycles. The third-order valence-corrected chi connectivity index (χ3v) is 7.07. The number of fused-ring (bicyclic) bond motifs is 1. The number of benzene rings is 1. The molecule has 204 valence electrons. The molecule has 0 saturated heterocycles. The monoisotopic (exact) mass is 540 g/mol. The number of rotatable bonds is 8. The summed E-state index contributed by atoms with van der Waals surface area (Å²) < 4.78 is 46.8. The molecule has 0 bridgehead atoms. The maximum Gasteiger partial charge on any atom is 0.416 e. The van der Waals surface area contributed by atoms with Crippen LogP contribution in [0.1, 0.15) is 53.6 Å². The first-order chi connectivity index (χ1) is 18.5. The van der Waals surface area contributed by atoms with Gasteiger partial charge >= 0.3 is 12.1 Å². The predicted molar refractivity (Wildman–Crippen MR) is 138 cm³/mol. The van der Waals surface area contributed by atoms with Crippen LogP contribution in [0.3, 0.4) is 0 Å². The summed E-state index contributed by atoms with van der Waals surface area (Å²) in [6.07, 6.45) is -1.23. The topological polar surface area (TPSA) is 115 Å².